The van der Waals surface area contributed by atoms with Crippen LogP contribution in [0.25, 0.3) is 0 Å². The lowest BCUT2D eigenvalue weighted by atomic mass is 9.63. The van der Waals surface area contributed by atoms with Crippen LogP contribution in [-0.4, -0.2) is 42.2 Å². The minimum absolute atomic E-state index is 0.0147. The predicted octanol–water partition coefficient (Wildman–Crippen LogP) is 5.51. The molecule has 1 atom stereocenters. The van der Waals surface area contributed by atoms with E-state index in [-0.39, 0.29) is 35.5 Å². The van der Waals surface area contributed by atoms with E-state index in [0.717, 1.165) is 28.6 Å². The van der Waals surface area contributed by atoms with E-state index in [1.807, 2.05) is 0 Å². The third kappa shape index (κ3) is 4.95. The SMILES string of the molecule is CC1N(S(=O)(=O)c2ccc(F)cc2)c2ccc(C(=O)NCc3ncccc3Cl)cc2C12CCC(O)(C(F)(F)F)CC2. The molecule has 2 heterocycles. The van der Waals surface area contributed by atoms with Crippen molar-refractivity contribution >= 4 is 33.2 Å². The number of carbonyl (C=O) groups excluding carboxylic acids is 1. The molecule has 1 spiro atoms. The number of amides is 1. The molecule has 1 saturated carbocycles. The van der Waals surface area contributed by atoms with Crippen LogP contribution in [0.15, 0.2) is 65.7 Å². The van der Waals surface area contributed by atoms with Crippen LogP contribution in [0.1, 0.15) is 54.2 Å². The monoisotopic (exact) mass is 611 g/mol. The van der Waals surface area contributed by atoms with Gasteiger partial charge in [-0.1, -0.05) is 11.6 Å². The number of alkyl halides is 3. The van der Waals surface area contributed by atoms with Crippen molar-refractivity contribution in [3.8, 4) is 0 Å². The van der Waals surface area contributed by atoms with Gasteiger partial charge in [0, 0.05) is 17.2 Å². The molecule has 1 aromatic heterocycles. The number of carbonyl (C=O) groups is 1. The largest absolute Gasteiger partial charge is 0.417 e. The van der Waals surface area contributed by atoms with Gasteiger partial charge in [-0.2, -0.15) is 13.2 Å². The number of aliphatic hydroxyl groups is 1. The summed E-state index contributed by atoms with van der Waals surface area (Å²) >= 11 is 6.12. The van der Waals surface area contributed by atoms with Gasteiger partial charge in [0.05, 0.1) is 33.9 Å². The summed E-state index contributed by atoms with van der Waals surface area (Å²) < 4.78 is 83.4. The summed E-state index contributed by atoms with van der Waals surface area (Å²) in [6, 6.07) is 11.0. The van der Waals surface area contributed by atoms with Gasteiger partial charge in [-0.3, -0.25) is 14.1 Å². The normalized spacial score (nSPS) is 24.4. The Labute approximate surface area is 239 Å². The number of nitrogens with zero attached hydrogens (tertiary/aromatic N) is 2. The lowest BCUT2D eigenvalue weighted by Gasteiger charge is -2.45. The topological polar surface area (TPSA) is 99.6 Å². The van der Waals surface area contributed by atoms with Crippen molar-refractivity contribution in [2.45, 2.75) is 67.3 Å². The van der Waals surface area contributed by atoms with Gasteiger partial charge in [0.25, 0.3) is 15.9 Å². The van der Waals surface area contributed by atoms with Crippen LogP contribution in [0.5, 0.6) is 0 Å². The highest BCUT2D eigenvalue weighted by molar-refractivity contribution is 7.92. The van der Waals surface area contributed by atoms with Crippen LogP contribution < -0.4 is 9.62 Å². The van der Waals surface area contributed by atoms with E-state index in [9.17, 15) is 35.9 Å². The van der Waals surface area contributed by atoms with Crippen LogP contribution in [0.2, 0.25) is 5.02 Å². The first-order chi connectivity index (χ1) is 19.2. The first kappa shape index (κ1) is 29.3. The van der Waals surface area contributed by atoms with E-state index in [1.54, 1.807) is 19.1 Å². The number of benzene rings is 2. The maximum Gasteiger partial charge on any atom is 0.417 e. The highest BCUT2D eigenvalue weighted by Crippen LogP contribution is 2.58. The average molecular weight is 612 g/mol. The fourth-order valence-corrected chi connectivity index (χ4v) is 7.81. The van der Waals surface area contributed by atoms with Crippen LogP contribution in [0, 0.1) is 5.82 Å². The summed E-state index contributed by atoms with van der Waals surface area (Å²) in [5.41, 5.74) is -2.82. The lowest BCUT2D eigenvalue weighted by Crippen LogP contribution is -2.54. The number of sulfonamides is 1. The van der Waals surface area contributed by atoms with Gasteiger partial charge in [-0.15, -0.1) is 0 Å². The van der Waals surface area contributed by atoms with E-state index < -0.39 is 57.8 Å². The smallest absolute Gasteiger partial charge is 0.380 e. The Balaban J connectivity index is 1.55. The van der Waals surface area contributed by atoms with Crippen LogP contribution in [0.4, 0.5) is 23.2 Å². The zero-order valence-corrected chi connectivity index (χ0v) is 23.3. The van der Waals surface area contributed by atoms with Crippen molar-refractivity contribution in [1.82, 2.24) is 10.3 Å². The second kappa shape index (κ2) is 10.2. The molecule has 0 saturated heterocycles. The second-order valence-corrected chi connectivity index (χ2v) is 12.7. The number of pyridine rings is 1. The maximum atomic E-state index is 13.8. The first-order valence-electron chi connectivity index (χ1n) is 12.8. The molecule has 1 aliphatic carbocycles. The Morgan fingerprint density at radius 3 is 2.39 bits per heavy atom. The van der Waals surface area contributed by atoms with Crippen molar-refractivity contribution in [2.24, 2.45) is 0 Å². The third-order valence-electron chi connectivity index (χ3n) is 8.30. The molecule has 1 amide bonds. The van der Waals surface area contributed by atoms with Gasteiger partial charge in [-0.05, 0) is 92.8 Å². The zero-order valence-electron chi connectivity index (χ0n) is 21.8. The fraction of sp³-hybridized carbons (Fsp3) is 0.357. The number of anilines is 1. The van der Waals surface area contributed by atoms with Crippen molar-refractivity contribution in [1.29, 1.82) is 0 Å². The Kier molecular flexibility index (Phi) is 7.32. The molecule has 1 aliphatic heterocycles. The highest BCUT2D eigenvalue weighted by atomic mass is 35.5. The number of aromatic nitrogens is 1. The molecule has 218 valence electrons. The number of rotatable bonds is 5. The summed E-state index contributed by atoms with van der Waals surface area (Å²) in [6.07, 6.45) is -4.97. The molecule has 0 bridgehead atoms. The van der Waals surface area contributed by atoms with Crippen molar-refractivity contribution in [2.75, 3.05) is 4.31 Å². The molecule has 2 aromatic carbocycles. The Morgan fingerprint density at radius 2 is 1.78 bits per heavy atom. The Morgan fingerprint density at radius 1 is 1.12 bits per heavy atom. The van der Waals surface area contributed by atoms with Crippen molar-refractivity contribution in [3.05, 3.63) is 88.5 Å². The number of fused-ring (bicyclic) bond motifs is 2. The molecule has 13 heteroatoms. The molecule has 5 rings (SSSR count). The molecular formula is C28H26ClF4N3O4S. The van der Waals surface area contributed by atoms with Gasteiger partial charge < -0.3 is 10.4 Å². The number of hydrogen-bond donors (Lipinski definition) is 2. The quantitative estimate of drug-likeness (QED) is 0.371. The molecule has 41 heavy (non-hydrogen) atoms. The van der Waals surface area contributed by atoms with Crippen molar-refractivity contribution < 1.29 is 35.9 Å². The standard InChI is InChI=1S/C28H26ClF4N3O4S/c1-17-26(10-12-27(38,13-11-26)28(31,32)33)21-15-18(25(37)35-16-23-22(29)3-2-14-34-23)4-9-24(21)36(17)41(39,40)20-7-5-19(30)6-8-20/h2-9,14-15,17,38H,10-13,16H2,1H3,(H,35,37). The fourth-order valence-electron chi connectivity index (χ4n) is 5.88. The molecule has 0 radical (unpaired) electrons. The van der Waals surface area contributed by atoms with E-state index in [4.69, 9.17) is 11.6 Å². The molecule has 1 unspecified atom stereocenters. The summed E-state index contributed by atoms with van der Waals surface area (Å²) in [5, 5.41) is 13.5. The lowest BCUT2D eigenvalue weighted by molar-refractivity contribution is -0.273. The first-order valence-corrected chi connectivity index (χ1v) is 14.6. The van der Waals surface area contributed by atoms with Gasteiger partial charge in [-0.25, -0.2) is 12.8 Å². The molecule has 7 nitrogen and oxygen atoms in total. The summed E-state index contributed by atoms with van der Waals surface area (Å²) in [6.45, 7) is 1.61. The van der Waals surface area contributed by atoms with Crippen LogP contribution in [0.3, 0.4) is 0 Å². The molecule has 2 aliphatic rings. The molecular weight excluding hydrogens is 586 g/mol. The van der Waals surface area contributed by atoms with Gasteiger partial charge in [0.2, 0.25) is 0 Å². The number of hydrogen-bond acceptors (Lipinski definition) is 5. The molecule has 1 fully saturated rings. The Bertz CT molecular complexity index is 1590. The minimum Gasteiger partial charge on any atom is -0.380 e. The number of nitrogens with one attached hydrogen (secondary N) is 1. The maximum absolute atomic E-state index is 13.8. The average Bonchev–Trinajstić information content (AvgIpc) is 3.16. The third-order valence-corrected chi connectivity index (χ3v) is 10.5. The molecule has 3 aromatic rings. The van der Waals surface area contributed by atoms with E-state index in [2.05, 4.69) is 10.3 Å². The van der Waals surface area contributed by atoms with Crippen LogP contribution >= 0.6 is 11.6 Å². The zero-order chi connectivity index (χ0) is 29.8. The van der Waals surface area contributed by atoms with Gasteiger partial charge in [0.1, 0.15) is 5.82 Å². The van der Waals surface area contributed by atoms with Gasteiger partial charge >= 0.3 is 6.18 Å². The second-order valence-electron chi connectivity index (χ2n) is 10.5. The van der Waals surface area contributed by atoms with Crippen LogP contribution in [-0.2, 0) is 22.0 Å². The summed E-state index contributed by atoms with van der Waals surface area (Å²) in [4.78, 5) is 17.0. The number of halogens is 5. The van der Waals surface area contributed by atoms with E-state index in [1.165, 1.54) is 24.4 Å². The Hall–Kier alpha value is -3.22. The predicted molar refractivity (Wildman–Crippen MR) is 144 cm³/mol. The summed E-state index contributed by atoms with van der Waals surface area (Å²) in [5.74, 6) is -1.14. The molecule has 2 N–H and O–H groups in total. The van der Waals surface area contributed by atoms with E-state index in [0.29, 0.717) is 16.3 Å². The van der Waals surface area contributed by atoms with E-state index >= 15 is 0 Å². The highest BCUT2D eigenvalue weighted by Gasteiger charge is 2.61. The minimum atomic E-state index is -4.85. The van der Waals surface area contributed by atoms with Crippen molar-refractivity contribution in [3.63, 3.8) is 0 Å². The summed E-state index contributed by atoms with van der Waals surface area (Å²) in [7, 11) is -4.28. The van der Waals surface area contributed by atoms with Gasteiger partial charge in [0.15, 0.2) is 5.60 Å².